The summed E-state index contributed by atoms with van der Waals surface area (Å²) in [4.78, 5) is 32.5. The molecule has 2 amide bonds. The zero-order valence-corrected chi connectivity index (χ0v) is 16.4. The van der Waals surface area contributed by atoms with Crippen LogP contribution in [-0.4, -0.2) is 36.4 Å². The minimum atomic E-state index is -0.0955. The van der Waals surface area contributed by atoms with Crippen LogP contribution in [0, 0.1) is 0 Å². The Labute approximate surface area is 166 Å². The van der Waals surface area contributed by atoms with Crippen molar-refractivity contribution in [1.29, 1.82) is 0 Å². The topological polar surface area (TPSA) is 65.5 Å². The minimum absolute atomic E-state index is 0.0664. The van der Waals surface area contributed by atoms with E-state index in [0.29, 0.717) is 13.1 Å². The summed E-state index contributed by atoms with van der Waals surface area (Å²) in [5.74, 6) is -0.162. The van der Waals surface area contributed by atoms with Crippen LogP contribution >= 0.6 is 0 Å². The van der Waals surface area contributed by atoms with Crippen molar-refractivity contribution in [3.05, 3.63) is 54.4 Å². The van der Waals surface area contributed by atoms with Gasteiger partial charge in [0.05, 0.1) is 12.2 Å². The SMILES string of the molecule is CC(=O)N(CCC(=O)NCc1ccccn1)c1ccc(N2CCCCC2)cc1. The van der Waals surface area contributed by atoms with Gasteiger partial charge in [0.2, 0.25) is 11.8 Å². The molecule has 28 heavy (non-hydrogen) atoms. The van der Waals surface area contributed by atoms with Crippen LogP contribution in [0.2, 0.25) is 0 Å². The zero-order valence-electron chi connectivity index (χ0n) is 16.4. The van der Waals surface area contributed by atoms with E-state index in [9.17, 15) is 9.59 Å². The van der Waals surface area contributed by atoms with Gasteiger partial charge in [-0.25, -0.2) is 0 Å². The van der Waals surface area contributed by atoms with E-state index in [4.69, 9.17) is 0 Å². The van der Waals surface area contributed by atoms with Gasteiger partial charge in [0.25, 0.3) is 0 Å². The summed E-state index contributed by atoms with van der Waals surface area (Å²) in [5.41, 5.74) is 2.83. The first-order chi connectivity index (χ1) is 13.6. The molecule has 1 aromatic carbocycles. The number of nitrogens with one attached hydrogen (secondary N) is 1. The van der Waals surface area contributed by atoms with Gasteiger partial charge in [-0.1, -0.05) is 6.07 Å². The van der Waals surface area contributed by atoms with Gasteiger partial charge in [-0.15, -0.1) is 0 Å². The summed E-state index contributed by atoms with van der Waals surface area (Å²) in [7, 11) is 0. The average molecular weight is 380 g/mol. The van der Waals surface area contributed by atoms with E-state index in [2.05, 4.69) is 27.3 Å². The van der Waals surface area contributed by atoms with Gasteiger partial charge in [-0.05, 0) is 55.7 Å². The fourth-order valence-corrected chi connectivity index (χ4v) is 3.46. The molecule has 0 radical (unpaired) electrons. The molecule has 0 aliphatic carbocycles. The van der Waals surface area contributed by atoms with E-state index >= 15 is 0 Å². The molecule has 0 atom stereocenters. The number of pyridine rings is 1. The number of anilines is 2. The highest BCUT2D eigenvalue weighted by atomic mass is 16.2. The molecule has 1 saturated heterocycles. The van der Waals surface area contributed by atoms with Crippen molar-refractivity contribution in [2.75, 3.05) is 29.4 Å². The second kappa shape index (κ2) is 9.88. The summed E-state index contributed by atoms with van der Waals surface area (Å²) in [6, 6.07) is 13.7. The van der Waals surface area contributed by atoms with Gasteiger partial charge >= 0.3 is 0 Å². The molecule has 0 unspecified atom stereocenters. The first-order valence-corrected chi connectivity index (χ1v) is 9.93. The predicted molar refractivity (Wildman–Crippen MR) is 111 cm³/mol. The van der Waals surface area contributed by atoms with E-state index in [1.807, 2.05) is 30.3 Å². The molecule has 1 aromatic heterocycles. The number of benzene rings is 1. The number of carbonyl (C=O) groups is 2. The van der Waals surface area contributed by atoms with Crippen LogP contribution in [0.25, 0.3) is 0 Å². The molecule has 6 nitrogen and oxygen atoms in total. The second-order valence-electron chi connectivity index (χ2n) is 7.08. The van der Waals surface area contributed by atoms with Crippen LogP contribution in [0.4, 0.5) is 11.4 Å². The maximum absolute atomic E-state index is 12.2. The van der Waals surface area contributed by atoms with Crippen molar-refractivity contribution in [2.45, 2.75) is 39.2 Å². The summed E-state index contributed by atoms with van der Waals surface area (Å²) < 4.78 is 0. The van der Waals surface area contributed by atoms with Crippen molar-refractivity contribution in [2.24, 2.45) is 0 Å². The van der Waals surface area contributed by atoms with E-state index in [-0.39, 0.29) is 18.2 Å². The Hall–Kier alpha value is -2.89. The van der Waals surface area contributed by atoms with E-state index in [1.54, 1.807) is 11.1 Å². The normalized spacial score (nSPS) is 13.8. The quantitative estimate of drug-likeness (QED) is 0.801. The number of hydrogen-bond donors (Lipinski definition) is 1. The molecule has 2 heterocycles. The number of aromatic nitrogens is 1. The zero-order chi connectivity index (χ0) is 19.8. The van der Waals surface area contributed by atoms with Crippen LogP contribution in [0.1, 0.15) is 38.3 Å². The van der Waals surface area contributed by atoms with Gasteiger partial charge < -0.3 is 15.1 Å². The van der Waals surface area contributed by atoms with Crippen molar-refractivity contribution in [1.82, 2.24) is 10.3 Å². The lowest BCUT2D eigenvalue weighted by Gasteiger charge is -2.29. The number of nitrogens with zero attached hydrogens (tertiary/aromatic N) is 3. The van der Waals surface area contributed by atoms with Crippen LogP contribution < -0.4 is 15.1 Å². The maximum atomic E-state index is 12.2. The molecule has 3 rings (SSSR count). The first kappa shape index (κ1) is 19.9. The number of hydrogen-bond acceptors (Lipinski definition) is 4. The Kier molecular flexibility index (Phi) is 7.00. The molecule has 1 aliphatic rings. The third-order valence-corrected chi connectivity index (χ3v) is 5.02. The molecule has 2 aromatic rings. The summed E-state index contributed by atoms with van der Waals surface area (Å²) in [6.45, 7) is 4.46. The molecule has 0 saturated carbocycles. The van der Waals surface area contributed by atoms with Crippen molar-refractivity contribution >= 4 is 23.2 Å². The number of piperidine rings is 1. The van der Waals surface area contributed by atoms with Crippen LogP contribution in [0.15, 0.2) is 48.7 Å². The molecular formula is C22H28N4O2. The monoisotopic (exact) mass is 380 g/mol. The Morgan fingerprint density at radius 3 is 2.46 bits per heavy atom. The van der Waals surface area contributed by atoms with Crippen molar-refractivity contribution in [3.63, 3.8) is 0 Å². The summed E-state index contributed by atoms with van der Waals surface area (Å²) in [5, 5.41) is 2.85. The molecule has 0 bridgehead atoms. The molecule has 148 valence electrons. The molecule has 1 aliphatic heterocycles. The van der Waals surface area contributed by atoms with Crippen molar-refractivity contribution < 1.29 is 9.59 Å². The van der Waals surface area contributed by atoms with E-state index in [1.165, 1.54) is 31.9 Å². The highest BCUT2D eigenvalue weighted by Crippen LogP contribution is 2.24. The highest BCUT2D eigenvalue weighted by Gasteiger charge is 2.15. The first-order valence-electron chi connectivity index (χ1n) is 9.93. The highest BCUT2D eigenvalue weighted by molar-refractivity contribution is 5.92. The summed E-state index contributed by atoms with van der Waals surface area (Å²) >= 11 is 0. The minimum Gasteiger partial charge on any atom is -0.372 e. The van der Waals surface area contributed by atoms with Crippen LogP contribution in [0.3, 0.4) is 0 Å². The number of rotatable bonds is 7. The van der Waals surface area contributed by atoms with Crippen LogP contribution in [-0.2, 0) is 16.1 Å². The fraction of sp³-hybridized carbons (Fsp3) is 0.409. The van der Waals surface area contributed by atoms with Crippen LogP contribution in [0.5, 0.6) is 0 Å². The van der Waals surface area contributed by atoms with E-state index < -0.39 is 0 Å². The van der Waals surface area contributed by atoms with Gasteiger partial charge in [0.15, 0.2) is 0 Å². The van der Waals surface area contributed by atoms with Crippen molar-refractivity contribution in [3.8, 4) is 0 Å². The van der Waals surface area contributed by atoms with Gasteiger partial charge in [0, 0.05) is 50.6 Å². The number of amides is 2. The predicted octanol–water partition coefficient (Wildman–Crippen LogP) is 3.13. The van der Waals surface area contributed by atoms with E-state index in [0.717, 1.165) is 24.5 Å². The molecule has 0 spiro atoms. The Bertz CT molecular complexity index is 771. The Morgan fingerprint density at radius 2 is 1.82 bits per heavy atom. The Morgan fingerprint density at radius 1 is 1.07 bits per heavy atom. The lowest BCUT2D eigenvalue weighted by Crippen LogP contribution is -2.34. The van der Waals surface area contributed by atoms with Gasteiger partial charge in [0.1, 0.15) is 0 Å². The Balaban J connectivity index is 1.54. The lowest BCUT2D eigenvalue weighted by molar-refractivity contribution is -0.121. The van der Waals surface area contributed by atoms with Gasteiger partial charge in [-0.2, -0.15) is 0 Å². The maximum Gasteiger partial charge on any atom is 0.223 e. The molecular weight excluding hydrogens is 352 g/mol. The molecule has 1 fully saturated rings. The molecule has 6 heteroatoms. The third kappa shape index (κ3) is 5.55. The average Bonchev–Trinajstić information content (AvgIpc) is 2.74. The smallest absolute Gasteiger partial charge is 0.223 e. The second-order valence-corrected chi connectivity index (χ2v) is 7.08. The van der Waals surface area contributed by atoms with Gasteiger partial charge in [-0.3, -0.25) is 14.6 Å². The summed E-state index contributed by atoms with van der Waals surface area (Å²) in [6.07, 6.45) is 5.71. The largest absolute Gasteiger partial charge is 0.372 e. The third-order valence-electron chi connectivity index (χ3n) is 5.02. The fourth-order valence-electron chi connectivity index (χ4n) is 3.46. The molecule has 1 N–H and O–H groups in total. The standard InChI is InChI=1S/C22H28N4O2/c1-18(27)26(16-12-22(28)24-17-19-7-3-4-13-23-19)21-10-8-20(9-11-21)25-14-5-2-6-15-25/h3-4,7-11,13H,2,5-6,12,14-17H2,1H3,(H,24,28). The lowest BCUT2D eigenvalue weighted by atomic mass is 10.1. The number of carbonyl (C=O) groups excluding carboxylic acids is 2.